The number of anilines is 1. The number of carbonyl (C=O) groups excluding carboxylic acids is 2. The maximum atomic E-state index is 12.5. The minimum Gasteiger partial charge on any atom is -0.396 e. The van der Waals surface area contributed by atoms with Gasteiger partial charge in [0, 0.05) is 24.9 Å². The summed E-state index contributed by atoms with van der Waals surface area (Å²) in [4.78, 5) is 26.5. The molecule has 5 heteroatoms. The quantitative estimate of drug-likeness (QED) is 0.838. The highest BCUT2D eigenvalue weighted by atomic mass is 16.3. The van der Waals surface area contributed by atoms with Crippen LogP contribution in [0.15, 0.2) is 24.3 Å². The van der Waals surface area contributed by atoms with Gasteiger partial charge in [-0.2, -0.15) is 0 Å². The molecule has 2 N–H and O–H groups in total. The zero-order chi connectivity index (χ0) is 16.8. The number of hydrogen-bond acceptors (Lipinski definition) is 3. The minimum atomic E-state index is -0.595. The van der Waals surface area contributed by atoms with E-state index < -0.39 is 11.8 Å². The lowest BCUT2D eigenvalue weighted by Gasteiger charge is -2.35. The molecule has 1 atom stereocenters. The lowest BCUT2D eigenvalue weighted by molar-refractivity contribution is -0.146. The molecule has 1 unspecified atom stereocenters. The third-order valence-electron chi connectivity index (χ3n) is 4.38. The summed E-state index contributed by atoms with van der Waals surface area (Å²) in [6, 6.07) is 7.52. The number of piperidine rings is 1. The topological polar surface area (TPSA) is 69.6 Å². The molecule has 0 saturated carbocycles. The van der Waals surface area contributed by atoms with Crippen molar-refractivity contribution in [1.29, 1.82) is 0 Å². The van der Waals surface area contributed by atoms with Crippen LogP contribution in [0.1, 0.15) is 51.0 Å². The Labute approximate surface area is 137 Å². The van der Waals surface area contributed by atoms with Crippen molar-refractivity contribution in [3.8, 4) is 0 Å². The molecular weight excluding hydrogens is 292 g/mol. The molecule has 0 bridgehead atoms. The second-order valence-electron chi connectivity index (χ2n) is 6.36. The Hall–Kier alpha value is -1.88. The van der Waals surface area contributed by atoms with Crippen LogP contribution in [0.5, 0.6) is 0 Å². The minimum absolute atomic E-state index is 0.0340. The van der Waals surface area contributed by atoms with Gasteiger partial charge in [-0.1, -0.05) is 32.0 Å². The first-order chi connectivity index (χ1) is 11.0. The van der Waals surface area contributed by atoms with Crippen molar-refractivity contribution in [1.82, 2.24) is 4.90 Å². The number of rotatable bonds is 4. The molecule has 0 spiro atoms. The number of amides is 2. The Kier molecular flexibility index (Phi) is 6.16. The summed E-state index contributed by atoms with van der Waals surface area (Å²) in [5.41, 5.74) is 1.70. The molecule has 1 aliphatic heterocycles. The first-order valence-corrected chi connectivity index (χ1v) is 8.36. The predicted octanol–water partition coefficient (Wildman–Crippen LogP) is 2.51. The van der Waals surface area contributed by atoms with Gasteiger partial charge in [0.2, 0.25) is 0 Å². The lowest BCUT2D eigenvalue weighted by atomic mass is 9.99. The first kappa shape index (κ1) is 17.5. The van der Waals surface area contributed by atoms with Crippen molar-refractivity contribution >= 4 is 17.5 Å². The van der Waals surface area contributed by atoms with Gasteiger partial charge in [-0.25, -0.2) is 0 Å². The fourth-order valence-electron chi connectivity index (χ4n) is 3.14. The molecule has 2 amide bonds. The van der Waals surface area contributed by atoms with E-state index in [9.17, 15) is 9.59 Å². The second kappa shape index (κ2) is 8.11. The summed E-state index contributed by atoms with van der Waals surface area (Å²) in [5, 5.41) is 11.9. The highest BCUT2D eigenvalue weighted by Gasteiger charge is 2.30. The van der Waals surface area contributed by atoms with Gasteiger partial charge < -0.3 is 15.3 Å². The van der Waals surface area contributed by atoms with E-state index in [4.69, 9.17) is 5.11 Å². The predicted molar refractivity (Wildman–Crippen MR) is 90.2 cm³/mol. The first-order valence-electron chi connectivity index (χ1n) is 8.36. The van der Waals surface area contributed by atoms with Crippen molar-refractivity contribution in [3.05, 3.63) is 29.8 Å². The van der Waals surface area contributed by atoms with Crippen LogP contribution in [-0.2, 0) is 9.59 Å². The van der Waals surface area contributed by atoms with Gasteiger partial charge in [0.1, 0.15) is 0 Å². The van der Waals surface area contributed by atoms with Crippen LogP contribution < -0.4 is 5.32 Å². The van der Waals surface area contributed by atoms with E-state index in [2.05, 4.69) is 19.2 Å². The molecule has 1 aromatic rings. The second-order valence-corrected chi connectivity index (χ2v) is 6.36. The van der Waals surface area contributed by atoms with Crippen molar-refractivity contribution in [2.24, 2.45) is 0 Å². The standard InChI is InChI=1S/C18H26N2O3/c1-13(2)15-8-3-4-9-16(15)19-17(22)18(23)20-11-6-5-7-14(20)10-12-21/h3-4,8-9,13-14,21H,5-7,10-12H2,1-2H3,(H,19,22). The average Bonchev–Trinajstić information content (AvgIpc) is 2.55. The lowest BCUT2D eigenvalue weighted by Crippen LogP contribution is -2.48. The summed E-state index contributed by atoms with van der Waals surface area (Å²) in [7, 11) is 0. The molecule has 1 fully saturated rings. The Morgan fingerprint density at radius 1 is 1.30 bits per heavy atom. The molecule has 126 valence electrons. The Morgan fingerprint density at radius 3 is 2.74 bits per heavy atom. The van der Waals surface area contributed by atoms with Crippen molar-refractivity contribution in [2.45, 2.75) is 51.5 Å². The molecule has 1 aromatic carbocycles. The normalized spacial score (nSPS) is 18.1. The third kappa shape index (κ3) is 4.32. The molecule has 1 saturated heterocycles. The molecule has 23 heavy (non-hydrogen) atoms. The SMILES string of the molecule is CC(C)c1ccccc1NC(=O)C(=O)N1CCCCC1CCO. The van der Waals surface area contributed by atoms with Crippen LogP contribution in [0, 0.1) is 0 Å². The molecular formula is C18H26N2O3. The highest BCUT2D eigenvalue weighted by Crippen LogP contribution is 2.24. The van der Waals surface area contributed by atoms with Crippen molar-refractivity contribution in [3.63, 3.8) is 0 Å². The highest BCUT2D eigenvalue weighted by molar-refractivity contribution is 6.39. The van der Waals surface area contributed by atoms with E-state index in [1.807, 2.05) is 24.3 Å². The van der Waals surface area contributed by atoms with Crippen LogP contribution in [0.25, 0.3) is 0 Å². The van der Waals surface area contributed by atoms with Gasteiger partial charge >= 0.3 is 11.8 Å². The molecule has 1 heterocycles. The summed E-state index contributed by atoms with van der Waals surface area (Å²) >= 11 is 0. The van der Waals surface area contributed by atoms with Gasteiger partial charge in [0.15, 0.2) is 0 Å². The number of hydrogen-bond donors (Lipinski definition) is 2. The van der Waals surface area contributed by atoms with Crippen LogP contribution >= 0.6 is 0 Å². The maximum Gasteiger partial charge on any atom is 0.313 e. The molecule has 2 rings (SSSR count). The fraction of sp³-hybridized carbons (Fsp3) is 0.556. The number of nitrogens with zero attached hydrogens (tertiary/aromatic N) is 1. The Morgan fingerprint density at radius 2 is 2.04 bits per heavy atom. The summed E-state index contributed by atoms with van der Waals surface area (Å²) in [5.74, 6) is -0.830. The molecule has 1 aliphatic rings. The van der Waals surface area contributed by atoms with Gasteiger partial charge in [0.05, 0.1) is 0 Å². The van der Waals surface area contributed by atoms with Gasteiger partial charge in [-0.15, -0.1) is 0 Å². The Bertz CT molecular complexity index is 555. The summed E-state index contributed by atoms with van der Waals surface area (Å²) in [6.07, 6.45) is 3.32. The van der Waals surface area contributed by atoms with E-state index >= 15 is 0 Å². The van der Waals surface area contributed by atoms with Crippen LogP contribution in [0.4, 0.5) is 5.69 Å². The van der Waals surface area contributed by atoms with Gasteiger partial charge in [0.25, 0.3) is 0 Å². The Balaban J connectivity index is 2.09. The number of carbonyl (C=O) groups is 2. The van der Waals surface area contributed by atoms with E-state index in [1.165, 1.54) is 0 Å². The van der Waals surface area contributed by atoms with Crippen LogP contribution in [-0.4, -0.2) is 41.0 Å². The number of benzene rings is 1. The smallest absolute Gasteiger partial charge is 0.313 e. The van der Waals surface area contributed by atoms with Gasteiger partial charge in [-0.3, -0.25) is 9.59 Å². The van der Waals surface area contributed by atoms with Gasteiger partial charge in [-0.05, 0) is 43.2 Å². The van der Waals surface area contributed by atoms with E-state index in [0.717, 1.165) is 24.8 Å². The number of aliphatic hydroxyl groups is 1. The van der Waals surface area contributed by atoms with E-state index in [1.54, 1.807) is 4.90 Å². The molecule has 0 aliphatic carbocycles. The van der Waals surface area contributed by atoms with E-state index in [0.29, 0.717) is 18.7 Å². The summed E-state index contributed by atoms with van der Waals surface area (Å²) in [6.45, 7) is 4.72. The largest absolute Gasteiger partial charge is 0.396 e. The summed E-state index contributed by atoms with van der Waals surface area (Å²) < 4.78 is 0. The zero-order valence-corrected chi connectivity index (χ0v) is 13.9. The number of aliphatic hydroxyl groups excluding tert-OH is 1. The van der Waals surface area contributed by atoms with E-state index in [-0.39, 0.29) is 18.6 Å². The molecule has 0 aromatic heterocycles. The number of para-hydroxylation sites is 1. The number of nitrogens with one attached hydrogen (secondary N) is 1. The fourth-order valence-corrected chi connectivity index (χ4v) is 3.14. The molecule has 5 nitrogen and oxygen atoms in total. The average molecular weight is 318 g/mol. The zero-order valence-electron chi connectivity index (χ0n) is 13.9. The van der Waals surface area contributed by atoms with Crippen molar-refractivity contribution < 1.29 is 14.7 Å². The molecule has 0 radical (unpaired) electrons. The van der Waals surface area contributed by atoms with Crippen LogP contribution in [0.2, 0.25) is 0 Å². The van der Waals surface area contributed by atoms with Crippen LogP contribution in [0.3, 0.4) is 0 Å². The third-order valence-corrected chi connectivity index (χ3v) is 4.38. The monoisotopic (exact) mass is 318 g/mol. The number of likely N-dealkylation sites (tertiary alicyclic amines) is 1. The maximum absolute atomic E-state index is 12.5. The van der Waals surface area contributed by atoms with Crippen molar-refractivity contribution in [2.75, 3.05) is 18.5 Å².